The van der Waals surface area contributed by atoms with Crippen molar-refractivity contribution < 1.29 is 113 Å². The molecule has 0 bridgehead atoms. The number of carbonyl (C=O) groups excluding carboxylic acids is 1. The first-order chi connectivity index (χ1) is 38.7. The first-order valence-corrected chi connectivity index (χ1v) is 32.0. The molecule has 3 fully saturated rings. The van der Waals surface area contributed by atoms with E-state index in [-0.39, 0.29) is 51.2 Å². The maximum Gasteiger partial charge on any atom is 0.479 e. The van der Waals surface area contributed by atoms with Gasteiger partial charge in [-0.2, -0.15) is 4.98 Å². The lowest BCUT2D eigenvalue weighted by atomic mass is 9.94. The summed E-state index contributed by atoms with van der Waals surface area (Å²) < 4.78 is 120. The zero-order chi connectivity index (χ0) is 60.6. The van der Waals surface area contributed by atoms with Crippen molar-refractivity contribution in [3.63, 3.8) is 0 Å². The molecule has 0 radical (unpaired) electrons. The Bertz CT molecular complexity index is 3840. The van der Waals surface area contributed by atoms with Gasteiger partial charge in [-0.15, -0.1) is 0 Å². The highest BCUT2D eigenvalue weighted by Crippen LogP contribution is 2.70. The SMILES string of the molecule is CO[C@@H]1[C@H](P(=O)(O)OC[C@H]2O[C@@H](n3cnc4c(=O)[nH]c(N)nc43)[C@H](O)[C@@H]2O)[C@@H](COP(=O)(O)OP(=O)(O)CP(=O)(O)OP(=O)(O)OC[C@H]2OC([n+]3cn(C)c4c(=O)[nH]c(N)nc43)[C@H](O)[C@@H]2CC(=O)N(C)C)O[C@H]1n1cnc2c(N)ncnc21. The van der Waals surface area contributed by atoms with Gasteiger partial charge in [0.15, 0.2) is 47.3 Å². The highest BCUT2D eigenvalue weighted by atomic mass is 31.3. The number of ether oxygens (including phenoxy) is 4. The summed E-state index contributed by atoms with van der Waals surface area (Å²) in [7, 11) is -23.9. The number of fused-ring (bicyclic) bond motifs is 3. The third-order valence-electron chi connectivity index (χ3n) is 13.2. The van der Waals surface area contributed by atoms with Crippen LogP contribution in [-0.2, 0) is 75.8 Å². The van der Waals surface area contributed by atoms with Crippen LogP contribution in [0.15, 0.2) is 34.9 Å². The van der Waals surface area contributed by atoms with Crippen molar-refractivity contribution in [1.29, 1.82) is 0 Å². The number of aryl methyl sites for hydroxylation is 1. The van der Waals surface area contributed by atoms with Gasteiger partial charge in [-0.25, -0.2) is 42.3 Å². The van der Waals surface area contributed by atoms with Gasteiger partial charge in [-0.1, -0.05) is 4.98 Å². The first kappa shape index (κ1) is 62.1. The standard InChI is InChI=1S/C37H53N16O25P5/c1-49(2)18(54)5-14-15(74-33(22(14)55)53-12-50(3)21-30(53)46-37(40)48-32(21)59)6-72-82(66,67)77-79(60,61)13-80(62,63)78-83(68,69)73-8-17-26(25(70-4)35(76-17)51-10-43-19-27(38)41-9-42-28(19)51)81(64,65)71-7-16-23(56)24(57)34(75-16)52-11-44-20-29(52)45-36(39)47-31(20)58/h9-12,14-17,22-26,33-35,55-57H,5-8,13H2,1-4H3,(H12-,38,39,40,41,42,45,46,47,48,58,59,60,61,62,63,64,65,66,67,68,69)/p+1/t14-,15-,16-,17-,22-,23-,24-,25-,26-,33?,34-,35-/m1/s1. The number of aromatic amines is 2. The Morgan fingerprint density at radius 2 is 1.31 bits per heavy atom. The summed E-state index contributed by atoms with van der Waals surface area (Å²) in [4.78, 5) is 122. The molecule has 3 aliphatic heterocycles. The van der Waals surface area contributed by atoms with Crippen LogP contribution < -0.4 is 32.9 Å². The predicted octanol–water partition coefficient (Wildman–Crippen LogP) is -3.68. The lowest BCUT2D eigenvalue weighted by molar-refractivity contribution is -0.745. The summed E-state index contributed by atoms with van der Waals surface area (Å²) in [6, 6.07) is 0. The molecule has 1 amide bonds. The number of rotatable bonds is 22. The molecule has 6 unspecified atom stereocenters. The molecule has 83 heavy (non-hydrogen) atoms. The quantitative estimate of drug-likeness (QED) is 0.0230. The van der Waals surface area contributed by atoms with Gasteiger partial charge < -0.3 is 85.4 Å². The Balaban J connectivity index is 0.876. The Labute approximate surface area is 462 Å². The number of anilines is 3. The molecule has 456 valence electrons. The number of hydrogen-bond donors (Lipinski definition) is 13. The molecular weight excluding hydrogens is 1220 g/mol. The van der Waals surface area contributed by atoms with E-state index in [9.17, 15) is 77.0 Å². The van der Waals surface area contributed by atoms with Gasteiger partial charge in [0.1, 0.15) is 54.1 Å². The summed E-state index contributed by atoms with van der Waals surface area (Å²) >= 11 is 0. The zero-order valence-electron chi connectivity index (χ0n) is 43.2. The van der Waals surface area contributed by atoms with Gasteiger partial charge in [0.2, 0.25) is 23.6 Å². The van der Waals surface area contributed by atoms with Crippen molar-refractivity contribution in [2.24, 2.45) is 13.0 Å². The molecule has 6 aromatic rings. The molecule has 6 aromatic heterocycles. The summed E-state index contributed by atoms with van der Waals surface area (Å²) in [6.07, 6.45) is -12.5. The minimum atomic E-state index is -6.03. The average molecular weight is 1280 g/mol. The molecule has 0 spiro atoms. The fourth-order valence-corrected chi connectivity index (χ4v) is 18.1. The van der Waals surface area contributed by atoms with Crippen LogP contribution in [0.1, 0.15) is 25.1 Å². The Morgan fingerprint density at radius 3 is 1.95 bits per heavy atom. The lowest BCUT2D eigenvalue weighted by Crippen LogP contribution is -2.45. The van der Waals surface area contributed by atoms with Crippen molar-refractivity contribution >= 4 is 95.5 Å². The number of nitrogens with zero attached hydrogens (tertiary/aromatic N) is 11. The van der Waals surface area contributed by atoms with Gasteiger partial charge in [0.25, 0.3) is 17.1 Å². The largest absolute Gasteiger partial charge is 0.479 e. The fraction of sp³-hybridized carbons (Fsp3) is 0.568. The number of imidazole rings is 3. The van der Waals surface area contributed by atoms with Crippen molar-refractivity contribution in [1.82, 2.24) is 58.5 Å². The molecule has 16 N–H and O–H groups in total. The van der Waals surface area contributed by atoms with E-state index in [1.807, 2.05) is 0 Å². The molecular formula is C37H54N16O25P5+. The molecule has 17 atom stereocenters. The number of aliphatic hydroxyl groups excluding tert-OH is 3. The Hall–Kier alpha value is -5.41. The van der Waals surface area contributed by atoms with E-state index in [1.54, 1.807) is 0 Å². The highest BCUT2D eigenvalue weighted by Gasteiger charge is 2.58. The van der Waals surface area contributed by atoms with Crippen molar-refractivity contribution in [2.75, 3.05) is 64.1 Å². The first-order valence-electron chi connectivity index (χ1n) is 23.8. The number of aliphatic hydroxyl groups is 3. The van der Waals surface area contributed by atoms with Crippen LogP contribution in [-0.4, -0.2) is 199 Å². The van der Waals surface area contributed by atoms with Gasteiger partial charge in [0, 0.05) is 33.5 Å². The van der Waals surface area contributed by atoms with Crippen molar-refractivity contribution in [2.45, 2.75) is 73.5 Å². The van der Waals surface area contributed by atoms with Gasteiger partial charge in [-0.05, 0) is 0 Å². The second-order valence-corrected chi connectivity index (χ2v) is 28.5. The lowest BCUT2D eigenvalue weighted by Gasteiger charge is -2.28. The van der Waals surface area contributed by atoms with Crippen LogP contribution in [0.5, 0.6) is 0 Å². The van der Waals surface area contributed by atoms with Crippen LogP contribution in [0.2, 0.25) is 0 Å². The van der Waals surface area contributed by atoms with Gasteiger partial charge in [-0.3, -0.25) is 60.8 Å². The zero-order valence-corrected chi connectivity index (χ0v) is 47.7. The number of aromatic nitrogens is 12. The minimum Gasteiger partial charge on any atom is -0.387 e. The molecule has 0 aliphatic carbocycles. The number of amides is 1. The third-order valence-corrected chi connectivity index (χ3v) is 22.6. The molecule has 9 rings (SSSR count). The van der Waals surface area contributed by atoms with Gasteiger partial charge in [0.05, 0.1) is 45.6 Å². The Kier molecular flexibility index (Phi) is 17.3. The maximum absolute atomic E-state index is 14.5. The smallest absolute Gasteiger partial charge is 0.387 e. The van der Waals surface area contributed by atoms with E-state index in [4.69, 9.17) is 49.7 Å². The molecule has 3 saturated heterocycles. The summed E-state index contributed by atoms with van der Waals surface area (Å²) in [5.41, 5.74) is 13.4. The second-order valence-electron chi connectivity index (χ2n) is 19.1. The monoisotopic (exact) mass is 1280 g/mol. The van der Waals surface area contributed by atoms with Crippen LogP contribution >= 0.6 is 38.4 Å². The number of phosphoric ester groups is 2. The maximum atomic E-state index is 14.5. The molecule has 46 heteroatoms. The van der Waals surface area contributed by atoms with E-state index < -0.39 is 161 Å². The third kappa shape index (κ3) is 12.8. The van der Waals surface area contributed by atoms with E-state index >= 15 is 0 Å². The number of nitrogens with one attached hydrogen (secondary N) is 2. The fourth-order valence-electron chi connectivity index (χ4n) is 9.54. The number of hydrogen-bond acceptors (Lipinski definition) is 29. The molecule has 0 saturated carbocycles. The second kappa shape index (κ2) is 23.1. The minimum absolute atomic E-state index is 0.0142. The van der Waals surface area contributed by atoms with Crippen molar-refractivity contribution in [3.8, 4) is 0 Å². The summed E-state index contributed by atoms with van der Waals surface area (Å²) in [5.74, 6) is -4.79. The Morgan fingerprint density at radius 1 is 0.735 bits per heavy atom. The molecule has 3 aliphatic rings. The summed E-state index contributed by atoms with van der Waals surface area (Å²) in [6.45, 7) is -3.41. The van der Waals surface area contributed by atoms with Crippen LogP contribution in [0.25, 0.3) is 33.5 Å². The number of phosphoric acid groups is 2. The van der Waals surface area contributed by atoms with Crippen molar-refractivity contribution in [3.05, 3.63) is 46.0 Å². The topological polar surface area (TPSA) is 590 Å². The van der Waals surface area contributed by atoms with Crippen LogP contribution in [0.3, 0.4) is 0 Å². The number of nitrogens with two attached hydrogens (primary N) is 3. The number of methoxy groups -OCH3 is 1. The molecule has 9 heterocycles. The molecule has 0 aromatic carbocycles. The highest BCUT2D eigenvalue weighted by molar-refractivity contribution is 7.76. The number of H-pyrrole nitrogens is 2. The summed E-state index contributed by atoms with van der Waals surface area (Å²) in [5, 5.41) is 33.5. The molecule has 41 nitrogen and oxygen atoms in total. The van der Waals surface area contributed by atoms with Gasteiger partial charge >= 0.3 is 44.1 Å². The average Bonchev–Trinajstić information content (AvgIpc) is 2.97. The van der Waals surface area contributed by atoms with E-state index in [2.05, 4.69) is 48.5 Å². The van der Waals surface area contributed by atoms with Crippen LogP contribution in [0, 0.1) is 5.92 Å². The van der Waals surface area contributed by atoms with E-state index in [0.717, 1.165) is 40.1 Å². The van der Waals surface area contributed by atoms with E-state index in [1.165, 1.54) is 36.6 Å². The predicted molar refractivity (Wildman–Crippen MR) is 273 cm³/mol. The van der Waals surface area contributed by atoms with E-state index in [0.29, 0.717) is 0 Å². The van der Waals surface area contributed by atoms with Crippen LogP contribution in [0.4, 0.5) is 17.7 Å². The normalized spacial score (nSPS) is 29.4. The number of carbonyl (C=O) groups is 1. The number of nitrogen functional groups attached to an aromatic ring is 3.